The zero-order valence-electron chi connectivity index (χ0n) is 19.4. The number of hydrogen-bond acceptors (Lipinski definition) is 2. The standard InChI is InChI=1S/C27H36N2O/c1-18-17-25(21-11-13-24(14-12-21)28-23-9-7-8-10-23)19(2)15-22(18)16-20(3)26(30)29-27(4,5)6/h11-17,23,28H,7-10H2,1-6H3,(H,29,30)/b20-16+. The van der Waals surface area contributed by atoms with Gasteiger partial charge in [0.25, 0.3) is 0 Å². The molecule has 1 aliphatic carbocycles. The molecule has 0 radical (unpaired) electrons. The van der Waals surface area contributed by atoms with E-state index in [9.17, 15) is 4.79 Å². The Morgan fingerprint density at radius 3 is 2.23 bits per heavy atom. The Kier molecular flexibility index (Phi) is 6.70. The molecule has 3 rings (SSSR count). The van der Waals surface area contributed by atoms with E-state index in [0.717, 1.165) is 11.1 Å². The SMILES string of the molecule is C/C(=C\c1cc(C)c(-c2ccc(NC3CCCC3)cc2)cc1C)C(=O)NC(C)(C)C. The molecule has 1 aliphatic rings. The van der Waals surface area contributed by atoms with Crippen LogP contribution < -0.4 is 10.6 Å². The Morgan fingerprint density at radius 2 is 1.63 bits per heavy atom. The Morgan fingerprint density at radius 1 is 1.00 bits per heavy atom. The van der Waals surface area contributed by atoms with E-state index < -0.39 is 0 Å². The van der Waals surface area contributed by atoms with Gasteiger partial charge >= 0.3 is 0 Å². The van der Waals surface area contributed by atoms with Crippen molar-refractivity contribution in [3.8, 4) is 11.1 Å². The number of rotatable bonds is 5. The number of carbonyl (C=O) groups excluding carboxylic acids is 1. The molecule has 30 heavy (non-hydrogen) atoms. The van der Waals surface area contributed by atoms with Crippen molar-refractivity contribution in [1.29, 1.82) is 0 Å². The Labute approximate surface area is 182 Å². The van der Waals surface area contributed by atoms with Gasteiger partial charge in [0.1, 0.15) is 0 Å². The highest BCUT2D eigenvalue weighted by atomic mass is 16.1. The molecule has 2 N–H and O–H groups in total. The van der Waals surface area contributed by atoms with Crippen LogP contribution >= 0.6 is 0 Å². The average Bonchev–Trinajstić information content (AvgIpc) is 3.17. The van der Waals surface area contributed by atoms with Crippen molar-refractivity contribution in [1.82, 2.24) is 5.32 Å². The van der Waals surface area contributed by atoms with Crippen molar-refractivity contribution in [3.05, 3.63) is 58.7 Å². The van der Waals surface area contributed by atoms with Gasteiger partial charge in [-0.25, -0.2) is 0 Å². The number of nitrogens with one attached hydrogen (secondary N) is 2. The Bertz CT molecular complexity index is 927. The molecule has 1 amide bonds. The van der Waals surface area contributed by atoms with Gasteiger partial charge in [-0.15, -0.1) is 0 Å². The quantitative estimate of drug-likeness (QED) is 0.548. The van der Waals surface area contributed by atoms with Gasteiger partial charge in [0.05, 0.1) is 0 Å². The molecule has 0 saturated heterocycles. The summed E-state index contributed by atoms with van der Waals surface area (Å²) in [6.45, 7) is 12.1. The molecule has 0 heterocycles. The second-order valence-electron chi connectivity index (χ2n) is 9.76. The lowest BCUT2D eigenvalue weighted by molar-refractivity contribution is -0.118. The fraction of sp³-hybridized carbons (Fsp3) is 0.444. The molecule has 1 fully saturated rings. The summed E-state index contributed by atoms with van der Waals surface area (Å²) in [5.74, 6) is -0.0195. The van der Waals surface area contributed by atoms with Crippen molar-refractivity contribution in [2.45, 2.75) is 78.8 Å². The molecule has 1 saturated carbocycles. The minimum absolute atomic E-state index is 0.0195. The Balaban J connectivity index is 1.78. The van der Waals surface area contributed by atoms with Crippen molar-refractivity contribution < 1.29 is 4.79 Å². The first-order valence-corrected chi connectivity index (χ1v) is 11.1. The summed E-state index contributed by atoms with van der Waals surface area (Å²) < 4.78 is 0. The molecule has 0 spiro atoms. The second-order valence-corrected chi connectivity index (χ2v) is 9.76. The third-order valence-electron chi connectivity index (χ3n) is 5.75. The largest absolute Gasteiger partial charge is 0.382 e. The van der Waals surface area contributed by atoms with Crippen LogP contribution in [0.2, 0.25) is 0 Å². The van der Waals surface area contributed by atoms with Gasteiger partial charge in [0, 0.05) is 22.8 Å². The predicted octanol–water partition coefficient (Wildman–Crippen LogP) is 6.64. The van der Waals surface area contributed by atoms with Crippen LogP contribution in [0.3, 0.4) is 0 Å². The van der Waals surface area contributed by atoms with Crippen LogP contribution in [0.25, 0.3) is 17.2 Å². The molecule has 0 atom stereocenters. The number of benzene rings is 2. The van der Waals surface area contributed by atoms with Crippen LogP contribution in [-0.4, -0.2) is 17.5 Å². The third kappa shape index (κ3) is 5.75. The summed E-state index contributed by atoms with van der Waals surface area (Å²) in [5, 5.41) is 6.69. The van der Waals surface area contributed by atoms with Crippen LogP contribution in [0, 0.1) is 13.8 Å². The number of carbonyl (C=O) groups is 1. The van der Waals surface area contributed by atoms with E-state index in [-0.39, 0.29) is 11.4 Å². The molecule has 0 aliphatic heterocycles. The van der Waals surface area contributed by atoms with E-state index in [2.05, 4.69) is 60.9 Å². The summed E-state index contributed by atoms with van der Waals surface area (Å²) in [7, 11) is 0. The topological polar surface area (TPSA) is 41.1 Å². The third-order valence-corrected chi connectivity index (χ3v) is 5.75. The maximum Gasteiger partial charge on any atom is 0.247 e. The lowest BCUT2D eigenvalue weighted by Crippen LogP contribution is -2.40. The molecule has 160 valence electrons. The minimum Gasteiger partial charge on any atom is -0.382 e. The van der Waals surface area contributed by atoms with Crippen LogP contribution in [0.5, 0.6) is 0 Å². The first-order valence-electron chi connectivity index (χ1n) is 11.1. The van der Waals surface area contributed by atoms with Crippen molar-refractivity contribution in [2.24, 2.45) is 0 Å². The van der Waals surface area contributed by atoms with Crippen molar-refractivity contribution >= 4 is 17.7 Å². The lowest BCUT2D eigenvalue weighted by atomic mass is 9.94. The molecular formula is C27H36N2O. The van der Waals surface area contributed by atoms with Crippen LogP contribution in [0.15, 0.2) is 42.0 Å². The lowest BCUT2D eigenvalue weighted by Gasteiger charge is -2.20. The first-order chi connectivity index (χ1) is 14.1. The molecular weight excluding hydrogens is 368 g/mol. The fourth-order valence-corrected chi connectivity index (χ4v) is 4.09. The van der Waals surface area contributed by atoms with E-state index in [1.165, 1.54) is 53.6 Å². The normalized spacial score (nSPS) is 15.3. The van der Waals surface area contributed by atoms with E-state index in [1.807, 2.05) is 33.8 Å². The van der Waals surface area contributed by atoms with Gasteiger partial charge < -0.3 is 10.6 Å². The van der Waals surface area contributed by atoms with E-state index in [0.29, 0.717) is 6.04 Å². The van der Waals surface area contributed by atoms with E-state index >= 15 is 0 Å². The van der Waals surface area contributed by atoms with Gasteiger partial charge in [-0.1, -0.05) is 37.1 Å². The van der Waals surface area contributed by atoms with E-state index in [4.69, 9.17) is 0 Å². The average molecular weight is 405 g/mol. The summed E-state index contributed by atoms with van der Waals surface area (Å²) in [6, 6.07) is 13.8. The maximum absolute atomic E-state index is 12.4. The van der Waals surface area contributed by atoms with Gasteiger partial charge in [0.2, 0.25) is 5.91 Å². The molecule has 0 aromatic heterocycles. The summed E-state index contributed by atoms with van der Waals surface area (Å²) >= 11 is 0. The zero-order chi connectivity index (χ0) is 21.9. The zero-order valence-corrected chi connectivity index (χ0v) is 19.4. The molecule has 0 unspecified atom stereocenters. The molecule has 0 bridgehead atoms. The predicted molar refractivity (Wildman–Crippen MR) is 129 cm³/mol. The van der Waals surface area contributed by atoms with Gasteiger partial charge in [0.15, 0.2) is 0 Å². The monoisotopic (exact) mass is 404 g/mol. The molecule has 2 aromatic carbocycles. The second kappa shape index (κ2) is 9.07. The smallest absolute Gasteiger partial charge is 0.247 e. The first kappa shape index (κ1) is 22.1. The van der Waals surface area contributed by atoms with Crippen molar-refractivity contribution in [2.75, 3.05) is 5.32 Å². The van der Waals surface area contributed by atoms with Crippen LogP contribution in [0.1, 0.15) is 70.1 Å². The summed E-state index contributed by atoms with van der Waals surface area (Å²) in [5.41, 5.74) is 7.65. The highest BCUT2D eigenvalue weighted by molar-refractivity contribution is 5.98. The van der Waals surface area contributed by atoms with Crippen molar-refractivity contribution in [3.63, 3.8) is 0 Å². The van der Waals surface area contributed by atoms with E-state index in [1.54, 1.807) is 0 Å². The summed E-state index contributed by atoms with van der Waals surface area (Å²) in [4.78, 5) is 12.4. The minimum atomic E-state index is -0.236. The maximum atomic E-state index is 12.4. The number of aryl methyl sites for hydroxylation is 2. The fourth-order valence-electron chi connectivity index (χ4n) is 4.09. The molecule has 3 nitrogen and oxygen atoms in total. The number of hydrogen-bond donors (Lipinski definition) is 2. The summed E-state index contributed by atoms with van der Waals surface area (Å²) in [6.07, 6.45) is 7.23. The van der Waals surface area contributed by atoms with Gasteiger partial charge in [-0.05, 0) is 100 Å². The van der Waals surface area contributed by atoms with Gasteiger partial charge in [-0.3, -0.25) is 4.79 Å². The molecule has 3 heteroatoms. The number of amides is 1. The highest BCUT2D eigenvalue weighted by Gasteiger charge is 2.16. The van der Waals surface area contributed by atoms with Crippen LogP contribution in [-0.2, 0) is 4.79 Å². The van der Waals surface area contributed by atoms with Gasteiger partial charge in [-0.2, -0.15) is 0 Å². The van der Waals surface area contributed by atoms with Crippen LogP contribution in [0.4, 0.5) is 5.69 Å². The number of anilines is 1. The highest BCUT2D eigenvalue weighted by Crippen LogP contribution is 2.30. The Hall–Kier alpha value is -2.55. The molecule has 2 aromatic rings.